The van der Waals surface area contributed by atoms with E-state index in [0.717, 1.165) is 0 Å². The monoisotopic (exact) mass is 105 g/mol. The van der Waals surface area contributed by atoms with Gasteiger partial charge in [-0.25, -0.2) is 4.79 Å². The number of rotatable bonds is 1. The molecule has 7 heavy (non-hydrogen) atoms. The number of hydrogen-bond acceptors (Lipinski definition) is 3. The van der Waals surface area contributed by atoms with Gasteiger partial charge in [0.1, 0.15) is 6.10 Å². The zero-order valence-corrected chi connectivity index (χ0v) is 4.05. The zero-order valence-electron chi connectivity index (χ0n) is 5.05. The lowest BCUT2D eigenvalue weighted by Crippen LogP contribution is -2.16. The predicted molar refractivity (Wildman–Crippen MR) is 23.7 cm³/mol. The summed E-state index contributed by atoms with van der Waals surface area (Å²) >= 11 is 0. The Kier molecular flexibility index (Phi) is 1.69. The second-order valence-electron chi connectivity index (χ2n) is 1.14. The standard InChI is InChI=1S/C4H8O3/c1-3(5)4(6)7-2/h3,5H,1-2H3/i2D. The molecule has 0 heterocycles. The lowest BCUT2D eigenvalue weighted by molar-refractivity contribution is -0.149. The number of esters is 1. The number of aliphatic hydroxyl groups excluding tert-OH is 1. The second-order valence-corrected chi connectivity index (χ2v) is 1.14. The highest BCUT2D eigenvalue weighted by atomic mass is 16.5. The van der Waals surface area contributed by atoms with Crippen molar-refractivity contribution in [1.82, 2.24) is 0 Å². The first-order valence-corrected chi connectivity index (χ1v) is 1.82. The molecule has 42 valence electrons. The lowest BCUT2D eigenvalue weighted by atomic mass is 10.4. The molecule has 0 radical (unpaired) electrons. The minimum absolute atomic E-state index is 0.427. The van der Waals surface area contributed by atoms with Crippen molar-refractivity contribution in [2.45, 2.75) is 13.0 Å². The fourth-order valence-electron chi connectivity index (χ4n) is 0.121. The van der Waals surface area contributed by atoms with Gasteiger partial charge in [-0.05, 0) is 6.92 Å². The van der Waals surface area contributed by atoms with Crippen LogP contribution < -0.4 is 0 Å². The van der Waals surface area contributed by atoms with E-state index in [4.69, 9.17) is 6.48 Å². The molecule has 0 fully saturated rings. The van der Waals surface area contributed by atoms with Crippen molar-refractivity contribution < 1.29 is 16.0 Å². The summed E-state index contributed by atoms with van der Waals surface area (Å²) in [7, 11) is -0.427. The highest BCUT2D eigenvalue weighted by Crippen LogP contribution is 1.80. The Morgan fingerprint density at radius 2 is 2.71 bits per heavy atom. The van der Waals surface area contributed by atoms with E-state index in [1.165, 1.54) is 6.92 Å². The topological polar surface area (TPSA) is 46.5 Å². The molecule has 0 aromatic heterocycles. The Labute approximate surface area is 43.3 Å². The fourth-order valence-corrected chi connectivity index (χ4v) is 0.121. The third-order valence-corrected chi connectivity index (χ3v) is 0.483. The molecule has 0 aliphatic heterocycles. The van der Waals surface area contributed by atoms with Crippen molar-refractivity contribution in [1.29, 1.82) is 0 Å². The maximum Gasteiger partial charge on any atom is 0.334 e. The van der Waals surface area contributed by atoms with Crippen LogP contribution in [0.15, 0.2) is 0 Å². The summed E-state index contributed by atoms with van der Waals surface area (Å²) in [6.45, 7) is 1.29. The Bertz CT molecular complexity index is 81.4. The van der Waals surface area contributed by atoms with E-state index in [9.17, 15) is 4.79 Å². The molecule has 0 saturated carbocycles. The van der Waals surface area contributed by atoms with Crippen LogP contribution in [0.1, 0.15) is 8.29 Å². The van der Waals surface area contributed by atoms with E-state index < -0.39 is 19.2 Å². The Hall–Kier alpha value is -0.570. The first-order chi connectivity index (χ1) is 3.68. The average Bonchev–Trinajstić information content (AvgIpc) is 1.67. The Morgan fingerprint density at radius 3 is 2.86 bits per heavy atom. The van der Waals surface area contributed by atoms with E-state index in [-0.39, 0.29) is 0 Å². The van der Waals surface area contributed by atoms with Crippen LogP contribution in [0.25, 0.3) is 0 Å². The third kappa shape index (κ3) is 2.17. The average molecular weight is 105 g/mol. The van der Waals surface area contributed by atoms with Gasteiger partial charge in [0.05, 0.1) is 8.46 Å². The van der Waals surface area contributed by atoms with E-state index in [1.54, 1.807) is 0 Å². The van der Waals surface area contributed by atoms with Crippen LogP contribution >= 0.6 is 0 Å². The van der Waals surface area contributed by atoms with E-state index in [0.29, 0.717) is 0 Å². The molecule has 1 unspecified atom stereocenters. The molecule has 0 saturated heterocycles. The first kappa shape index (κ1) is 4.59. The number of carbonyl (C=O) groups is 1. The van der Waals surface area contributed by atoms with Crippen molar-refractivity contribution in [2.75, 3.05) is 7.09 Å². The maximum absolute atomic E-state index is 10.2. The molecule has 0 aliphatic carbocycles. The first-order valence-electron chi connectivity index (χ1n) is 2.53. The number of carbonyl (C=O) groups excluding carboxylic acids is 1. The Morgan fingerprint density at radius 1 is 2.14 bits per heavy atom. The molecule has 1 atom stereocenters. The number of aliphatic hydroxyl groups is 1. The largest absolute Gasteiger partial charge is 0.467 e. The number of ether oxygens (including phenoxy) is 1. The summed E-state index contributed by atoms with van der Waals surface area (Å²) in [4.78, 5) is 10.2. The molecule has 0 aromatic rings. The van der Waals surface area contributed by atoms with Gasteiger partial charge in [0.25, 0.3) is 0 Å². The highest BCUT2D eigenvalue weighted by molar-refractivity contribution is 5.73. The van der Waals surface area contributed by atoms with Gasteiger partial charge in [-0.1, -0.05) is 0 Å². The summed E-state index contributed by atoms with van der Waals surface area (Å²) in [6.07, 6.45) is -1.11. The highest BCUT2D eigenvalue weighted by Gasteiger charge is 2.05. The molecule has 0 aliphatic rings. The van der Waals surface area contributed by atoms with E-state index in [1.807, 2.05) is 0 Å². The van der Waals surface area contributed by atoms with Gasteiger partial charge in [-0.3, -0.25) is 0 Å². The lowest BCUT2D eigenvalue weighted by Gasteiger charge is -1.97. The van der Waals surface area contributed by atoms with E-state index >= 15 is 0 Å². The summed E-state index contributed by atoms with van der Waals surface area (Å²) in [5.74, 6) is -0.750. The molecule has 0 rings (SSSR count). The molecular formula is C4H8O3. The molecule has 0 amide bonds. The van der Waals surface area contributed by atoms with Crippen LogP contribution in [-0.4, -0.2) is 24.3 Å². The second kappa shape index (κ2) is 2.58. The van der Waals surface area contributed by atoms with Crippen LogP contribution in [0.5, 0.6) is 0 Å². The minimum Gasteiger partial charge on any atom is -0.467 e. The summed E-state index contributed by atoms with van der Waals surface area (Å²) < 4.78 is 10.5. The van der Waals surface area contributed by atoms with Gasteiger partial charge in [0.15, 0.2) is 0 Å². The SMILES string of the molecule is [2H]COC(=O)C(C)O. The summed E-state index contributed by atoms with van der Waals surface area (Å²) in [5, 5.41) is 8.39. The number of hydrogen-bond donors (Lipinski definition) is 1. The third-order valence-electron chi connectivity index (χ3n) is 0.483. The van der Waals surface area contributed by atoms with Crippen LogP contribution in [-0.2, 0) is 9.53 Å². The Balaban J connectivity index is 3.33. The molecule has 3 heteroatoms. The minimum atomic E-state index is -1.11. The molecule has 0 aromatic carbocycles. The van der Waals surface area contributed by atoms with Gasteiger partial charge >= 0.3 is 5.97 Å². The quantitative estimate of drug-likeness (QED) is 0.459. The van der Waals surface area contributed by atoms with Gasteiger partial charge in [-0.2, -0.15) is 0 Å². The fraction of sp³-hybridized carbons (Fsp3) is 0.750. The smallest absolute Gasteiger partial charge is 0.334 e. The van der Waals surface area contributed by atoms with Crippen LogP contribution in [0.2, 0.25) is 0 Å². The molecule has 1 N–H and O–H groups in total. The van der Waals surface area contributed by atoms with E-state index in [2.05, 4.69) is 4.74 Å². The molecular weight excluding hydrogens is 96.0 g/mol. The normalized spacial score (nSPS) is 14.9. The summed E-state index contributed by atoms with van der Waals surface area (Å²) in [6, 6.07) is 0. The zero-order chi connectivity index (χ0) is 6.57. The van der Waals surface area contributed by atoms with Gasteiger partial charge in [0, 0.05) is 0 Å². The van der Waals surface area contributed by atoms with Crippen molar-refractivity contribution in [3.63, 3.8) is 0 Å². The van der Waals surface area contributed by atoms with Crippen LogP contribution in [0.4, 0.5) is 0 Å². The van der Waals surface area contributed by atoms with Gasteiger partial charge in [-0.15, -0.1) is 0 Å². The van der Waals surface area contributed by atoms with Gasteiger partial charge < -0.3 is 9.84 Å². The number of methoxy groups -OCH3 is 1. The van der Waals surface area contributed by atoms with Crippen LogP contribution in [0.3, 0.4) is 0 Å². The van der Waals surface area contributed by atoms with Crippen LogP contribution in [0, 0.1) is 0 Å². The molecule has 0 bridgehead atoms. The van der Waals surface area contributed by atoms with Crippen molar-refractivity contribution in [2.24, 2.45) is 0 Å². The van der Waals surface area contributed by atoms with Crippen molar-refractivity contribution >= 4 is 5.97 Å². The molecule has 3 nitrogen and oxygen atoms in total. The summed E-state index contributed by atoms with van der Waals surface area (Å²) in [5.41, 5.74) is 0. The predicted octanol–water partition coefficient (Wildman–Crippen LogP) is -0.460. The molecule has 0 spiro atoms. The maximum atomic E-state index is 10.2. The van der Waals surface area contributed by atoms with Crippen molar-refractivity contribution in [3.8, 4) is 0 Å². The van der Waals surface area contributed by atoms with Gasteiger partial charge in [0.2, 0.25) is 0 Å². The van der Waals surface area contributed by atoms with Crippen molar-refractivity contribution in [3.05, 3.63) is 0 Å².